The highest BCUT2D eigenvalue weighted by atomic mass is 79.9. The minimum atomic E-state index is -0.443. The Balaban J connectivity index is 2.06. The topological polar surface area (TPSA) is 64.0 Å². The van der Waals surface area contributed by atoms with E-state index in [0.717, 1.165) is 4.47 Å². The fraction of sp³-hybridized carbons (Fsp3) is 0.0833. The van der Waals surface area contributed by atoms with E-state index in [1.807, 2.05) is 12.1 Å². The summed E-state index contributed by atoms with van der Waals surface area (Å²) >= 11 is 3.31. The summed E-state index contributed by atoms with van der Waals surface area (Å²) in [6.45, 7) is -0.0564. The number of hydrogen-bond donors (Lipinski definition) is 1. The fourth-order valence-corrected chi connectivity index (χ4v) is 1.83. The third-order valence-corrected chi connectivity index (χ3v) is 2.70. The average Bonchev–Trinajstić information content (AvgIpc) is 2.32. The highest BCUT2D eigenvalue weighted by Gasteiger charge is 2.05. The van der Waals surface area contributed by atoms with Gasteiger partial charge in [-0.15, -0.1) is 0 Å². The minimum Gasteiger partial charge on any atom is -0.324 e. The van der Waals surface area contributed by atoms with Crippen molar-refractivity contribution in [2.45, 2.75) is 6.54 Å². The van der Waals surface area contributed by atoms with Crippen molar-refractivity contribution >= 4 is 27.5 Å². The van der Waals surface area contributed by atoms with Crippen LogP contribution in [-0.2, 0) is 11.3 Å². The number of amides is 1. The number of rotatable bonds is 3. The maximum absolute atomic E-state index is 11.7. The number of aromatic nitrogens is 2. The van der Waals surface area contributed by atoms with Crippen molar-refractivity contribution in [3.63, 3.8) is 0 Å². The van der Waals surface area contributed by atoms with E-state index < -0.39 is 5.69 Å². The monoisotopic (exact) mass is 307 g/mol. The molecule has 0 aliphatic carbocycles. The smallest absolute Gasteiger partial charge is 0.324 e. The summed E-state index contributed by atoms with van der Waals surface area (Å²) in [6.07, 6.45) is 2.92. The third kappa shape index (κ3) is 3.27. The molecular formula is C12H10BrN3O2. The Morgan fingerprint density at radius 1 is 1.39 bits per heavy atom. The standard InChI is InChI=1S/C12H10BrN3O2/c13-9-3-1-4-10(7-9)15-11(17)8-16-6-2-5-14-12(16)18/h1-7H,8H2,(H,15,17). The van der Waals surface area contributed by atoms with Gasteiger partial charge in [0, 0.05) is 22.6 Å². The van der Waals surface area contributed by atoms with Gasteiger partial charge in [0.1, 0.15) is 6.54 Å². The van der Waals surface area contributed by atoms with Crippen molar-refractivity contribution in [2.24, 2.45) is 0 Å². The van der Waals surface area contributed by atoms with Gasteiger partial charge in [-0.3, -0.25) is 9.36 Å². The van der Waals surface area contributed by atoms with E-state index in [-0.39, 0.29) is 12.5 Å². The van der Waals surface area contributed by atoms with Crippen LogP contribution >= 0.6 is 15.9 Å². The fourth-order valence-electron chi connectivity index (χ4n) is 1.43. The molecule has 0 saturated carbocycles. The molecule has 0 spiro atoms. The van der Waals surface area contributed by atoms with Gasteiger partial charge in [0.05, 0.1) is 0 Å². The lowest BCUT2D eigenvalue weighted by atomic mass is 10.3. The van der Waals surface area contributed by atoms with Crippen molar-refractivity contribution in [1.29, 1.82) is 0 Å². The lowest BCUT2D eigenvalue weighted by molar-refractivity contribution is -0.116. The highest BCUT2D eigenvalue weighted by Crippen LogP contribution is 2.15. The van der Waals surface area contributed by atoms with E-state index in [1.165, 1.54) is 17.0 Å². The molecule has 0 aliphatic heterocycles. The van der Waals surface area contributed by atoms with Gasteiger partial charge in [-0.05, 0) is 24.3 Å². The summed E-state index contributed by atoms with van der Waals surface area (Å²) in [6, 6.07) is 8.84. The molecule has 1 aromatic carbocycles. The second-order valence-electron chi connectivity index (χ2n) is 3.59. The van der Waals surface area contributed by atoms with Gasteiger partial charge in [0.2, 0.25) is 5.91 Å². The molecule has 0 atom stereocenters. The van der Waals surface area contributed by atoms with E-state index in [9.17, 15) is 9.59 Å². The van der Waals surface area contributed by atoms with Crippen LogP contribution in [0.4, 0.5) is 5.69 Å². The first-order valence-corrected chi connectivity index (χ1v) is 6.01. The van der Waals surface area contributed by atoms with Crippen molar-refractivity contribution in [3.05, 3.63) is 57.7 Å². The quantitative estimate of drug-likeness (QED) is 0.937. The number of carbonyl (C=O) groups is 1. The van der Waals surface area contributed by atoms with Crippen molar-refractivity contribution < 1.29 is 4.79 Å². The summed E-state index contributed by atoms with van der Waals surface area (Å²) in [7, 11) is 0. The Hall–Kier alpha value is -1.95. The third-order valence-electron chi connectivity index (χ3n) is 2.21. The molecule has 5 nitrogen and oxygen atoms in total. The number of carbonyl (C=O) groups excluding carboxylic acids is 1. The average molecular weight is 308 g/mol. The van der Waals surface area contributed by atoms with Gasteiger partial charge in [-0.2, -0.15) is 0 Å². The lowest BCUT2D eigenvalue weighted by Gasteiger charge is -2.06. The first kappa shape index (κ1) is 12.5. The first-order valence-electron chi connectivity index (χ1n) is 5.22. The molecule has 1 aromatic heterocycles. The molecular weight excluding hydrogens is 298 g/mol. The predicted molar refractivity (Wildman–Crippen MR) is 71.3 cm³/mol. The van der Waals surface area contributed by atoms with Crippen LogP contribution in [0, 0.1) is 0 Å². The molecule has 0 bridgehead atoms. The molecule has 0 unspecified atom stereocenters. The summed E-state index contributed by atoms with van der Waals surface area (Å²) in [5, 5.41) is 2.70. The van der Waals surface area contributed by atoms with Gasteiger partial charge in [0.25, 0.3) is 0 Å². The molecule has 1 N–H and O–H groups in total. The van der Waals surface area contributed by atoms with Crippen molar-refractivity contribution in [2.75, 3.05) is 5.32 Å². The minimum absolute atomic E-state index is 0.0564. The maximum Gasteiger partial charge on any atom is 0.347 e. The number of hydrogen-bond acceptors (Lipinski definition) is 3. The molecule has 2 rings (SSSR count). The van der Waals surface area contributed by atoms with E-state index in [2.05, 4.69) is 26.2 Å². The number of halogens is 1. The Bertz CT molecular complexity index is 624. The number of nitrogens with zero attached hydrogens (tertiary/aromatic N) is 2. The highest BCUT2D eigenvalue weighted by molar-refractivity contribution is 9.10. The molecule has 6 heteroatoms. The van der Waals surface area contributed by atoms with Crippen molar-refractivity contribution in [1.82, 2.24) is 9.55 Å². The lowest BCUT2D eigenvalue weighted by Crippen LogP contribution is -2.28. The largest absolute Gasteiger partial charge is 0.347 e. The van der Waals surface area contributed by atoms with Gasteiger partial charge in [-0.25, -0.2) is 9.78 Å². The van der Waals surface area contributed by atoms with Crippen LogP contribution in [0.15, 0.2) is 52.0 Å². The zero-order valence-corrected chi connectivity index (χ0v) is 10.9. The van der Waals surface area contributed by atoms with Crippen LogP contribution in [0.5, 0.6) is 0 Å². The Morgan fingerprint density at radius 2 is 2.22 bits per heavy atom. The summed E-state index contributed by atoms with van der Waals surface area (Å²) < 4.78 is 2.12. The first-order chi connectivity index (χ1) is 8.65. The van der Waals surface area contributed by atoms with Crippen LogP contribution in [0.25, 0.3) is 0 Å². The molecule has 92 valence electrons. The summed E-state index contributed by atoms with van der Waals surface area (Å²) in [4.78, 5) is 26.6. The van der Waals surface area contributed by atoms with Crippen LogP contribution in [0.2, 0.25) is 0 Å². The number of anilines is 1. The molecule has 1 heterocycles. The molecule has 0 fully saturated rings. The van der Waals surface area contributed by atoms with Crippen LogP contribution in [0.3, 0.4) is 0 Å². The maximum atomic E-state index is 11.7. The SMILES string of the molecule is O=C(Cn1cccnc1=O)Nc1cccc(Br)c1. The molecule has 0 radical (unpaired) electrons. The number of benzene rings is 1. The van der Waals surface area contributed by atoms with Gasteiger partial charge in [-0.1, -0.05) is 22.0 Å². The molecule has 18 heavy (non-hydrogen) atoms. The van der Waals surface area contributed by atoms with Gasteiger partial charge < -0.3 is 5.32 Å². The van der Waals surface area contributed by atoms with Gasteiger partial charge in [0.15, 0.2) is 0 Å². The second-order valence-corrected chi connectivity index (χ2v) is 4.50. The van der Waals surface area contributed by atoms with E-state index in [1.54, 1.807) is 18.2 Å². The normalized spacial score (nSPS) is 10.1. The Kier molecular flexibility index (Phi) is 3.88. The van der Waals surface area contributed by atoms with Crippen LogP contribution in [-0.4, -0.2) is 15.5 Å². The summed E-state index contributed by atoms with van der Waals surface area (Å²) in [5.74, 6) is -0.275. The van der Waals surface area contributed by atoms with E-state index in [0.29, 0.717) is 5.69 Å². The second kappa shape index (κ2) is 5.59. The predicted octanol–water partition coefficient (Wildman–Crippen LogP) is 1.64. The molecule has 2 aromatic rings. The molecule has 0 saturated heterocycles. The van der Waals surface area contributed by atoms with Crippen molar-refractivity contribution in [3.8, 4) is 0 Å². The zero-order valence-electron chi connectivity index (χ0n) is 9.34. The van der Waals surface area contributed by atoms with E-state index >= 15 is 0 Å². The van der Waals surface area contributed by atoms with Gasteiger partial charge >= 0.3 is 5.69 Å². The number of nitrogens with one attached hydrogen (secondary N) is 1. The van der Waals surface area contributed by atoms with E-state index in [4.69, 9.17) is 0 Å². The Labute approximate surface area is 112 Å². The zero-order chi connectivity index (χ0) is 13.0. The molecule has 1 amide bonds. The van der Waals surface area contributed by atoms with Crippen LogP contribution < -0.4 is 11.0 Å². The summed E-state index contributed by atoms with van der Waals surface area (Å²) in [5.41, 5.74) is 0.230. The Morgan fingerprint density at radius 3 is 2.94 bits per heavy atom. The van der Waals surface area contributed by atoms with Crippen LogP contribution in [0.1, 0.15) is 0 Å². The molecule has 0 aliphatic rings.